The number of fused-ring (bicyclic) bond motifs is 1. The Kier molecular flexibility index (Phi) is 7.68. The molecule has 0 radical (unpaired) electrons. The van der Waals surface area contributed by atoms with Crippen molar-refractivity contribution in [3.8, 4) is 11.3 Å². The van der Waals surface area contributed by atoms with E-state index in [9.17, 15) is 9.59 Å². The van der Waals surface area contributed by atoms with Crippen molar-refractivity contribution in [2.45, 2.75) is 38.6 Å². The highest BCUT2D eigenvalue weighted by atomic mass is 32.2. The molecule has 7 nitrogen and oxygen atoms in total. The first-order chi connectivity index (χ1) is 18.8. The second-order valence-corrected chi connectivity index (χ2v) is 10.8. The van der Waals surface area contributed by atoms with Crippen LogP contribution in [-0.2, 0) is 4.79 Å². The van der Waals surface area contributed by atoms with Gasteiger partial charge in [-0.05, 0) is 80.7 Å². The monoisotopic (exact) mass is 542 g/mol. The highest BCUT2D eigenvalue weighted by Crippen LogP contribution is 2.34. The molecule has 1 unspecified atom stereocenters. The van der Waals surface area contributed by atoms with Crippen LogP contribution in [0.4, 0.5) is 11.4 Å². The molecule has 8 heteroatoms. The predicted octanol–water partition coefficient (Wildman–Crippen LogP) is 5.88. The molecule has 5 rings (SSSR count). The molecule has 39 heavy (non-hydrogen) atoms. The molecule has 1 aromatic heterocycles. The van der Waals surface area contributed by atoms with E-state index in [2.05, 4.69) is 35.3 Å². The lowest BCUT2D eigenvalue weighted by Crippen LogP contribution is -2.48. The fourth-order valence-corrected chi connectivity index (χ4v) is 5.68. The van der Waals surface area contributed by atoms with Crippen LogP contribution in [0.1, 0.15) is 36.6 Å². The quantitative estimate of drug-likeness (QED) is 0.294. The average molecular weight is 543 g/mol. The number of carbonyl (C=O) groups excluding carboxylic acids is 1. The summed E-state index contributed by atoms with van der Waals surface area (Å²) in [5.74, 6) is 0.698. The molecule has 1 fully saturated rings. The van der Waals surface area contributed by atoms with E-state index in [1.807, 2.05) is 61.2 Å². The third-order valence-electron chi connectivity index (χ3n) is 7.46. The van der Waals surface area contributed by atoms with Crippen LogP contribution in [0.5, 0.6) is 0 Å². The number of amides is 1. The normalized spacial score (nSPS) is 14.5. The van der Waals surface area contributed by atoms with E-state index in [4.69, 9.17) is 9.56 Å². The van der Waals surface area contributed by atoms with Gasteiger partial charge in [-0.3, -0.25) is 14.7 Å². The zero-order valence-corrected chi connectivity index (χ0v) is 23.6. The molecular formula is C31H34N4O3S. The molecule has 1 amide bonds. The third kappa shape index (κ3) is 5.40. The van der Waals surface area contributed by atoms with Crippen LogP contribution >= 0.6 is 11.9 Å². The van der Waals surface area contributed by atoms with Crippen LogP contribution < -0.4 is 20.8 Å². The van der Waals surface area contributed by atoms with Crippen molar-refractivity contribution in [3.63, 3.8) is 0 Å². The van der Waals surface area contributed by atoms with Gasteiger partial charge >= 0.3 is 0 Å². The van der Waals surface area contributed by atoms with Gasteiger partial charge in [0, 0.05) is 66.1 Å². The molecular weight excluding hydrogens is 508 g/mol. The topological polar surface area (TPSA) is 91.8 Å². The largest absolute Gasteiger partial charge is 0.455 e. The number of aryl methyl sites for hydroxylation is 1. The van der Waals surface area contributed by atoms with Gasteiger partial charge in [0.1, 0.15) is 11.3 Å². The van der Waals surface area contributed by atoms with Gasteiger partial charge in [0.05, 0.1) is 11.4 Å². The highest BCUT2D eigenvalue weighted by Gasteiger charge is 2.21. The first-order valence-corrected chi connectivity index (χ1v) is 14.1. The van der Waals surface area contributed by atoms with Crippen LogP contribution in [0.25, 0.3) is 22.3 Å². The van der Waals surface area contributed by atoms with Gasteiger partial charge in [0.2, 0.25) is 5.91 Å². The maximum Gasteiger partial charge on any atom is 0.219 e. The van der Waals surface area contributed by atoms with Crippen LogP contribution in [0.2, 0.25) is 0 Å². The summed E-state index contributed by atoms with van der Waals surface area (Å²) in [6.07, 6.45) is 0. The maximum absolute atomic E-state index is 13.6. The number of hydrogen-bond donors (Lipinski definition) is 2. The maximum atomic E-state index is 13.6. The lowest BCUT2D eigenvalue weighted by atomic mass is 9.98. The summed E-state index contributed by atoms with van der Waals surface area (Å²) in [6.45, 7) is 10.5. The van der Waals surface area contributed by atoms with E-state index in [0.717, 1.165) is 59.1 Å². The van der Waals surface area contributed by atoms with E-state index < -0.39 is 0 Å². The molecule has 0 spiro atoms. The minimum atomic E-state index is -0.129. The van der Waals surface area contributed by atoms with Crippen molar-refractivity contribution in [1.29, 1.82) is 0 Å². The summed E-state index contributed by atoms with van der Waals surface area (Å²) in [5.41, 5.74) is 5.96. The zero-order chi connectivity index (χ0) is 27.7. The second kappa shape index (κ2) is 11.2. The molecule has 1 aliphatic heterocycles. The number of nitrogens with one attached hydrogen (secondary N) is 1. The molecule has 3 aromatic carbocycles. The minimum absolute atomic E-state index is 0.0225. The summed E-state index contributed by atoms with van der Waals surface area (Å²) in [4.78, 5) is 30.3. The third-order valence-corrected chi connectivity index (χ3v) is 8.07. The zero-order valence-electron chi connectivity index (χ0n) is 22.8. The lowest BCUT2D eigenvalue weighted by molar-refractivity contribution is -0.129. The number of rotatable bonds is 6. The van der Waals surface area contributed by atoms with E-state index in [1.165, 1.54) is 11.9 Å². The van der Waals surface area contributed by atoms with Crippen molar-refractivity contribution in [2.24, 2.45) is 5.14 Å². The molecule has 0 saturated carbocycles. The Morgan fingerprint density at radius 2 is 1.72 bits per heavy atom. The molecule has 1 saturated heterocycles. The number of benzene rings is 3. The number of nitrogens with zero attached hydrogens (tertiary/aromatic N) is 2. The van der Waals surface area contributed by atoms with E-state index >= 15 is 0 Å². The van der Waals surface area contributed by atoms with Gasteiger partial charge in [-0.15, -0.1) is 0 Å². The highest BCUT2D eigenvalue weighted by molar-refractivity contribution is 7.97. The smallest absolute Gasteiger partial charge is 0.219 e. The van der Waals surface area contributed by atoms with E-state index in [-0.39, 0.29) is 17.4 Å². The number of hydrogen-bond acceptors (Lipinski definition) is 7. The fraction of sp³-hybridized carbons (Fsp3) is 0.290. The number of anilines is 2. The second-order valence-electron chi connectivity index (χ2n) is 10.1. The van der Waals surface area contributed by atoms with Gasteiger partial charge < -0.3 is 19.5 Å². The molecule has 202 valence electrons. The van der Waals surface area contributed by atoms with E-state index in [1.54, 1.807) is 6.92 Å². The minimum Gasteiger partial charge on any atom is -0.455 e. The molecule has 2 heterocycles. The summed E-state index contributed by atoms with van der Waals surface area (Å²) < 4.78 is 6.56. The van der Waals surface area contributed by atoms with Gasteiger partial charge in [-0.2, -0.15) is 0 Å². The molecule has 1 atom stereocenters. The molecule has 3 N–H and O–H groups in total. The van der Waals surface area contributed by atoms with Gasteiger partial charge in [0.15, 0.2) is 5.43 Å². The molecule has 1 aliphatic rings. The van der Waals surface area contributed by atoms with Crippen molar-refractivity contribution in [1.82, 2.24) is 4.90 Å². The Morgan fingerprint density at radius 1 is 1.03 bits per heavy atom. The number of nitrogens with two attached hydrogens (primary N) is 1. The molecule has 0 bridgehead atoms. The fourth-order valence-electron chi connectivity index (χ4n) is 5.27. The average Bonchev–Trinajstić information content (AvgIpc) is 2.95. The van der Waals surface area contributed by atoms with Crippen molar-refractivity contribution in [2.75, 3.05) is 36.4 Å². The Bertz CT molecular complexity index is 1570. The summed E-state index contributed by atoms with van der Waals surface area (Å²) in [7, 11) is 0. The Hall–Kier alpha value is -3.75. The van der Waals surface area contributed by atoms with Crippen LogP contribution in [0.15, 0.2) is 74.8 Å². The van der Waals surface area contributed by atoms with Crippen molar-refractivity contribution in [3.05, 3.63) is 87.6 Å². The van der Waals surface area contributed by atoms with Crippen LogP contribution in [-0.4, -0.2) is 37.0 Å². The van der Waals surface area contributed by atoms with Crippen LogP contribution in [0, 0.1) is 13.8 Å². The SMILES string of the molecule is CC(=O)N1CCN(c2ccc(-c3oc4c(C(C)Nc5ccccc5SN)cc(C)cc4c(=O)c3C)cc2)CC1. The molecule has 4 aromatic rings. The van der Waals surface area contributed by atoms with Crippen molar-refractivity contribution >= 4 is 40.2 Å². The summed E-state index contributed by atoms with van der Waals surface area (Å²) in [6, 6.07) is 19.9. The lowest BCUT2D eigenvalue weighted by Gasteiger charge is -2.35. The van der Waals surface area contributed by atoms with Gasteiger partial charge in [0.25, 0.3) is 0 Å². The standard InChI is InChI=1S/C31H34N4O3S/c1-19-17-25(21(3)33-27-7-5-6-8-28(27)39-32)31-26(18-19)29(37)20(2)30(38-31)23-9-11-24(12-10-23)35-15-13-34(14-16-35)22(4)36/h5-12,17-18,21,33H,13-16,32H2,1-4H3. The number of carbonyl (C=O) groups is 1. The van der Waals surface area contributed by atoms with Gasteiger partial charge in [-0.25, -0.2) is 0 Å². The number of para-hydroxylation sites is 1. The van der Waals surface area contributed by atoms with Gasteiger partial charge in [-0.1, -0.05) is 18.2 Å². The molecule has 0 aliphatic carbocycles. The first-order valence-electron chi connectivity index (χ1n) is 13.2. The Morgan fingerprint density at radius 3 is 2.38 bits per heavy atom. The summed E-state index contributed by atoms with van der Waals surface area (Å²) >= 11 is 1.20. The predicted molar refractivity (Wildman–Crippen MR) is 160 cm³/mol. The Balaban J connectivity index is 1.50. The van der Waals surface area contributed by atoms with E-state index in [0.29, 0.717) is 22.3 Å². The Labute approximate surface area is 233 Å². The van der Waals surface area contributed by atoms with Crippen molar-refractivity contribution < 1.29 is 9.21 Å². The first kappa shape index (κ1) is 26.8. The summed E-state index contributed by atoms with van der Waals surface area (Å²) in [5, 5.41) is 10.0. The van der Waals surface area contributed by atoms with Crippen LogP contribution in [0.3, 0.4) is 0 Å². The number of piperazine rings is 1.